The molecule has 0 saturated heterocycles. The Morgan fingerprint density at radius 1 is 0.889 bits per heavy atom. The molecule has 3 rings (SSSR count). The number of nitrogens with zero attached hydrogens (tertiary/aromatic N) is 2. The van der Waals surface area contributed by atoms with E-state index in [0.29, 0.717) is 30.8 Å². The van der Waals surface area contributed by atoms with E-state index in [1.54, 1.807) is 17.2 Å². The summed E-state index contributed by atoms with van der Waals surface area (Å²) in [6.45, 7) is 20.5. The standard InChI is InChI=1S/C46H68F2N4O8SSi2/c1-46(2,3)43(39-28-34(36-29-35(47)16-17-37(36)48)31-51(39)30-33-14-11-10-12-15-33)52(22-13-21-49-45(58)60-24-27-63(7,8)9)41(54)32-61-25-20-40(53)50-38(44(56)57)18-19-42(55)59-23-26-62(4,5)6/h10-12,14-17,28-29,31,38,43H,13,18-27,30,32H2,1-9H3,(H,49,58)(H,50,53)(H,56,57)/t38-,43-/m0/s1. The summed E-state index contributed by atoms with van der Waals surface area (Å²) in [4.78, 5) is 65.8. The van der Waals surface area contributed by atoms with Crippen LogP contribution in [0.3, 0.4) is 0 Å². The van der Waals surface area contributed by atoms with Crippen molar-refractivity contribution < 1.29 is 47.3 Å². The van der Waals surface area contributed by atoms with Crippen LogP contribution in [0.25, 0.3) is 11.1 Å². The van der Waals surface area contributed by atoms with Gasteiger partial charge >= 0.3 is 18.0 Å². The molecule has 0 bridgehead atoms. The van der Waals surface area contributed by atoms with E-state index < -0.39 is 69.2 Å². The third-order valence-electron chi connectivity index (χ3n) is 10.1. The molecule has 0 unspecified atom stereocenters. The summed E-state index contributed by atoms with van der Waals surface area (Å²) in [7, 11) is -2.82. The van der Waals surface area contributed by atoms with Crippen molar-refractivity contribution in [1.29, 1.82) is 0 Å². The smallest absolute Gasteiger partial charge is 0.407 e. The maximum absolute atomic E-state index is 15.3. The Labute approximate surface area is 378 Å². The van der Waals surface area contributed by atoms with Gasteiger partial charge in [-0.3, -0.25) is 14.4 Å². The normalized spacial score (nSPS) is 12.9. The lowest BCUT2D eigenvalue weighted by molar-refractivity contribution is -0.145. The number of hydrogen-bond donors (Lipinski definition) is 3. The first kappa shape index (κ1) is 52.9. The van der Waals surface area contributed by atoms with Crippen molar-refractivity contribution in [2.75, 3.05) is 37.8 Å². The average molecular weight is 931 g/mol. The predicted molar refractivity (Wildman–Crippen MR) is 251 cm³/mol. The molecule has 0 aliphatic carbocycles. The predicted octanol–water partition coefficient (Wildman–Crippen LogP) is 9.21. The molecule has 0 spiro atoms. The monoisotopic (exact) mass is 930 g/mol. The van der Waals surface area contributed by atoms with E-state index in [4.69, 9.17) is 9.47 Å². The second kappa shape index (κ2) is 24.5. The Hall–Kier alpha value is -4.49. The lowest BCUT2D eigenvalue weighted by atomic mass is 9.83. The van der Waals surface area contributed by atoms with Crippen LogP contribution in [0.5, 0.6) is 0 Å². The van der Waals surface area contributed by atoms with Gasteiger partial charge in [0.2, 0.25) is 11.8 Å². The van der Waals surface area contributed by atoms with Crippen LogP contribution < -0.4 is 10.6 Å². The number of benzene rings is 2. The zero-order valence-electron chi connectivity index (χ0n) is 38.5. The van der Waals surface area contributed by atoms with Crippen molar-refractivity contribution in [3.05, 3.63) is 83.7 Å². The Bertz CT molecular complexity index is 1980. The molecule has 63 heavy (non-hydrogen) atoms. The minimum absolute atomic E-state index is 0.0254. The van der Waals surface area contributed by atoms with Gasteiger partial charge in [-0.25, -0.2) is 18.4 Å². The molecule has 348 valence electrons. The molecule has 2 aromatic carbocycles. The highest BCUT2D eigenvalue weighted by Crippen LogP contribution is 2.41. The van der Waals surface area contributed by atoms with Crippen LogP contribution >= 0.6 is 11.8 Å². The van der Waals surface area contributed by atoms with Gasteiger partial charge in [-0.05, 0) is 60.2 Å². The van der Waals surface area contributed by atoms with E-state index in [0.717, 1.165) is 35.9 Å². The first-order chi connectivity index (χ1) is 29.4. The SMILES string of the molecule is CC(C)(C)[C@H](c1cc(-c2cc(F)ccc2F)cn1Cc1ccccc1)N(CCCNC(=O)OCC[Si](C)(C)C)C(=O)CSCCC(=O)N[C@@H](CCC(=O)OCC[Si](C)(C)C)C(=O)O. The summed E-state index contributed by atoms with van der Waals surface area (Å²) in [6.07, 6.45) is 1.27. The van der Waals surface area contributed by atoms with Crippen LogP contribution in [-0.4, -0.2) is 104 Å². The number of alkyl carbamates (subject to hydrolysis) is 1. The largest absolute Gasteiger partial charge is 0.480 e. The highest BCUT2D eigenvalue weighted by Gasteiger charge is 2.37. The van der Waals surface area contributed by atoms with Crippen molar-refractivity contribution in [3.8, 4) is 11.1 Å². The fraction of sp³-hybridized carbons (Fsp3) is 0.543. The molecule has 17 heteroatoms. The van der Waals surface area contributed by atoms with Crippen molar-refractivity contribution in [2.45, 2.75) is 116 Å². The van der Waals surface area contributed by atoms with Crippen molar-refractivity contribution >= 4 is 57.8 Å². The molecule has 0 fully saturated rings. The van der Waals surface area contributed by atoms with E-state index in [-0.39, 0.29) is 61.9 Å². The van der Waals surface area contributed by atoms with Crippen molar-refractivity contribution in [2.24, 2.45) is 5.41 Å². The molecule has 0 saturated carbocycles. The molecule has 12 nitrogen and oxygen atoms in total. The van der Waals surface area contributed by atoms with Gasteiger partial charge in [-0.15, -0.1) is 0 Å². The van der Waals surface area contributed by atoms with Gasteiger partial charge < -0.3 is 34.7 Å². The van der Waals surface area contributed by atoms with Crippen LogP contribution in [0.2, 0.25) is 51.4 Å². The van der Waals surface area contributed by atoms with Crippen LogP contribution in [0.4, 0.5) is 13.6 Å². The Kier molecular flexibility index (Phi) is 20.6. The number of rotatable bonds is 25. The first-order valence-electron chi connectivity index (χ1n) is 21.6. The molecule has 3 amide bonds. The van der Waals surface area contributed by atoms with Gasteiger partial charge in [-0.1, -0.05) is 90.4 Å². The van der Waals surface area contributed by atoms with E-state index in [9.17, 15) is 33.5 Å². The van der Waals surface area contributed by atoms with Gasteiger partial charge in [0.25, 0.3) is 0 Å². The summed E-state index contributed by atoms with van der Waals surface area (Å²) in [6, 6.07) is 14.5. The van der Waals surface area contributed by atoms with Gasteiger partial charge in [0.15, 0.2) is 0 Å². The number of carbonyl (C=O) groups is 5. The molecule has 3 aromatic rings. The van der Waals surface area contributed by atoms with Gasteiger partial charge in [0, 0.05) is 77.4 Å². The van der Waals surface area contributed by atoms with Crippen LogP contribution in [0.1, 0.15) is 63.8 Å². The highest BCUT2D eigenvalue weighted by atomic mass is 32.2. The number of halogens is 2. The quantitative estimate of drug-likeness (QED) is 0.0428. The van der Waals surface area contributed by atoms with Gasteiger partial charge in [0.1, 0.15) is 17.7 Å². The maximum Gasteiger partial charge on any atom is 0.407 e. The average Bonchev–Trinajstić information content (AvgIpc) is 3.57. The minimum Gasteiger partial charge on any atom is -0.480 e. The fourth-order valence-electron chi connectivity index (χ4n) is 6.69. The van der Waals surface area contributed by atoms with Gasteiger partial charge in [-0.2, -0.15) is 11.8 Å². The zero-order valence-corrected chi connectivity index (χ0v) is 41.3. The molecular formula is C46H68F2N4O8SSi2. The Morgan fingerprint density at radius 2 is 1.54 bits per heavy atom. The number of esters is 1. The number of hydrogen-bond acceptors (Lipinski definition) is 8. The van der Waals surface area contributed by atoms with E-state index in [1.165, 1.54) is 11.8 Å². The molecule has 1 aromatic heterocycles. The summed E-state index contributed by atoms with van der Waals surface area (Å²) < 4.78 is 42.4. The molecular weight excluding hydrogens is 863 g/mol. The van der Waals surface area contributed by atoms with Crippen molar-refractivity contribution in [3.63, 3.8) is 0 Å². The highest BCUT2D eigenvalue weighted by molar-refractivity contribution is 7.99. The summed E-state index contributed by atoms with van der Waals surface area (Å²) in [5.74, 6) is -3.56. The Balaban J connectivity index is 1.83. The number of aliphatic carboxylic acids is 1. The topological polar surface area (TPSA) is 156 Å². The first-order valence-corrected chi connectivity index (χ1v) is 30.2. The number of aromatic nitrogens is 1. The molecule has 0 radical (unpaired) electrons. The maximum atomic E-state index is 15.3. The van der Waals surface area contributed by atoms with Crippen LogP contribution in [0, 0.1) is 17.0 Å². The zero-order chi connectivity index (χ0) is 47.0. The van der Waals surface area contributed by atoms with E-state index in [2.05, 4.69) is 49.9 Å². The third-order valence-corrected chi connectivity index (χ3v) is 14.5. The second-order valence-electron chi connectivity index (χ2n) is 19.3. The number of carbonyl (C=O) groups excluding carboxylic acids is 4. The lowest BCUT2D eigenvalue weighted by Crippen LogP contribution is -2.44. The molecule has 1 heterocycles. The number of carboxylic acid groups (broad SMARTS) is 1. The lowest BCUT2D eigenvalue weighted by Gasteiger charge is -2.41. The number of nitrogens with one attached hydrogen (secondary N) is 2. The summed E-state index contributed by atoms with van der Waals surface area (Å²) in [5.41, 5.74) is 1.59. The molecule has 2 atom stereocenters. The molecule has 3 N–H and O–H groups in total. The van der Waals surface area contributed by atoms with Crippen LogP contribution in [-0.2, 0) is 35.2 Å². The summed E-state index contributed by atoms with van der Waals surface area (Å²) >= 11 is 1.22. The number of amides is 3. The van der Waals surface area contributed by atoms with E-state index in [1.807, 2.05) is 55.7 Å². The number of ether oxygens (including phenoxy) is 2. The van der Waals surface area contributed by atoms with Crippen molar-refractivity contribution in [1.82, 2.24) is 20.1 Å². The van der Waals surface area contributed by atoms with E-state index >= 15 is 4.39 Å². The molecule has 0 aliphatic rings. The minimum atomic E-state index is -1.41. The third kappa shape index (κ3) is 19.4. The second-order valence-corrected chi connectivity index (χ2v) is 31.7. The number of thioether (sulfide) groups is 1. The van der Waals surface area contributed by atoms with Gasteiger partial charge in [0.05, 0.1) is 25.0 Å². The Morgan fingerprint density at radius 3 is 2.16 bits per heavy atom. The number of carboxylic acids is 1. The molecule has 0 aliphatic heterocycles. The summed E-state index contributed by atoms with van der Waals surface area (Å²) in [5, 5.41) is 15.0. The van der Waals surface area contributed by atoms with Crippen LogP contribution in [0.15, 0.2) is 60.8 Å². The fourth-order valence-corrected chi connectivity index (χ4v) is 8.93.